The molecule has 0 fully saturated rings. The van der Waals surface area contributed by atoms with Gasteiger partial charge in [-0.15, -0.1) is 10.1 Å². The predicted octanol–water partition coefficient (Wildman–Crippen LogP) is 5.05. The van der Waals surface area contributed by atoms with Gasteiger partial charge in [-0.3, -0.25) is 4.79 Å². The molecule has 0 spiro atoms. The Morgan fingerprint density at radius 2 is 1.52 bits per heavy atom. The van der Waals surface area contributed by atoms with Crippen LogP contribution in [0.5, 0.6) is 0 Å². The predicted molar refractivity (Wildman–Crippen MR) is 87.3 cm³/mol. The lowest BCUT2D eigenvalue weighted by atomic mass is 9.83. The van der Waals surface area contributed by atoms with E-state index in [4.69, 9.17) is 0 Å². The SMILES string of the molecule is CC(C)(C)C1CCCC=[N+]1NC(=O)c1cc(C(F)(F)F)cc(C(F)(F)F)c1. The summed E-state index contributed by atoms with van der Waals surface area (Å²) in [4.78, 5) is 12.4. The Kier molecular flexibility index (Phi) is 5.64. The lowest BCUT2D eigenvalue weighted by Crippen LogP contribution is -2.49. The number of hydrazine groups is 1. The van der Waals surface area contributed by atoms with Crippen LogP contribution >= 0.6 is 0 Å². The second-order valence-electron chi connectivity index (χ2n) is 7.64. The maximum atomic E-state index is 13.0. The summed E-state index contributed by atoms with van der Waals surface area (Å²) in [5.74, 6) is -1.01. The summed E-state index contributed by atoms with van der Waals surface area (Å²) in [6.07, 6.45) is -6.01. The van der Waals surface area contributed by atoms with E-state index in [2.05, 4.69) is 5.43 Å². The molecule has 0 saturated carbocycles. The van der Waals surface area contributed by atoms with Crippen LogP contribution in [0, 0.1) is 5.41 Å². The second kappa shape index (κ2) is 7.16. The third-order valence-electron chi connectivity index (χ3n) is 4.42. The van der Waals surface area contributed by atoms with Crippen LogP contribution in [0.4, 0.5) is 26.3 Å². The maximum absolute atomic E-state index is 13.0. The van der Waals surface area contributed by atoms with E-state index in [-0.39, 0.29) is 17.5 Å². The lowest BCUT2D eigenvalue weighted by molar-refractivity contribution is -0.622. The Labute approximate surface area is 153 Å². The monoisotopic (exact) mass is 395 g/mol. The second-order valence-corrected chi connectivity index (χ2v) is 7.64. The van der Waals surface area contributed by atoms with Crippen molar-refractivity contribution in [1.29, 1.82) is 0 Å². The molecule has 1 aliphatic rings. The van der Waals surface area contributed by atoms with Crippen LogP contribution in [0.3, 0.4) is 0 Å². The lowest BCUT2D eigenvalue weighted by Gasteiger charge is -2.29. The Hall–Kier alpha value is -2.06. The maximum Gasteiger partial charge on any atom is 0.416 e. The zero-order chi connectivity index (χ0) is 20.6. The molecule has 27 heavy (non-hydrogen) atoms. The van der Waals surface area contributed by atoms with Crippen molar-refractivity contribution >= 4 is 12.1 Å². The Bertz CT molecular complexity index is 711. The molecule has 0 bridgehead atoms. The van der Waals surface area contributed by atoms with Gasteiger partial charge in [0.1, 0.15) is 0 Å². The average Bonchev–Trinajstić information content (AvgIpc) is 2.52. The van der Waals surface area contributed by atoms with Crippen LogP contribution < -0.4 is 5.43 Å². The van der Waals surface area contributed by atoms with E-state index in [1.54, 1.807) is 6.21 Å². The minimum Gasteiger partial charge on any atom is -0.264 e. The van der Waals surface area contributed by atoms with E-state index in [1.165, 1.54) is 4.68 Å². The third kappa shape index (κ3) is 5.23. The van der Waals surface area contributed by atoms with Crippen molar-refractivity contribution < 1.29 is 35.8 Å². The number of halogens is 6. The van der Waals surface area contributed by atoms with Crippen molar-refractivity contribution in [2.75, 3.05) is 0 Å². The number of hydrogen-bond acceptors (Lipinski definition) is 1. The number of carbonyl (C=O) groups excluding carboxylic acids is 1. The van der Waals surface area contributed by atoms with Crippen molar-refractivity contribution in [3.8, 4) is 0 Å². The molecule has 0 radical (unpaired) electrons. The normalized spacial score (nSPS) is 18.9. The number of amides is 1. The first-order chi connectivity index (χ1) is 12.2. The summed E-state index contributed by atoms with van der Waals surface area (Å²) >= 11 is 0. The molecule has 1 heterocycles. The van der Waals surface area contributed by atoms with Crippen molar-refractivity contribution in [2.24, 2.45) is 5.41 Å². The molecule has 1 unspecified atom stereocenters. The molecule has 1 aromatic rings. The molecule has 0 saturated heterocycles. The Morgan fingerprint density at radius 1 is 1.00 bits per heavy atom. The van der Waals surface area contributed by atoms with Gasteiger partial charge in [-0.1, -0.05) is 20.8 Å². The van der Waals surface area contributed by atoms with Crippen LogP contribution in [0.15, 0.2) is 18.2 Å². The fourth-order valence-electron chi connectivity index (χ4n) is 3.05. The molecule has 1 amide bonds. The first kappa shape index (κ1) is 21.2. The summed E-state index contributed by atoms with van der Waals surface area (Å²) in [5, 5.41) is 0. The Balaban J connectivity index is 2.39. The number of carbonyl (C=O) groups is 1. The quantitative estimate of drug-likeness (QED) is 0.552. The highest BCUT2D eigenvalue weighted by Gasteiger charge is 2.39. The van der Waals surface area contributed by atoms with E-state index < -0.39 is 35.0 Å². The molecule has 150 valence electrons. The number of nitrogens with one attached hydrogen (secondary N) is 1. The average molecular weight is 395 g/mol. The topological polar surface area (TPSA) is 32.1 Å². The van der Waals surface area contributed by atoms with Gasteiger partial charge in [0, 0.05) is 23.8 Å². The minimum atomic E-state index is -5.00. The van der Waals surface area contributed by atoms with E-state index in [1.807, 2.05) is 20.8 Å². The fourth-order valence-corrected chi connectivity index (χ4v) is 3.05. The van der Waals surface area contributed by atoms with Gasteiger partial charge in [0.15, 0.2) is 12.3 Å². The van der Waals surface area contributed by atoms with Crippen LogP contribution in [0.25, 0.3) is 0 Å². The third-order valence-corrected chi connectivity index (χ3v) is 4.42. The van der Waals surface area contributed by atoms with Crippen LogP contribution in [0.1, 0.15) is 61.5 Å². The zero-order valence-corrected chi connectivity index (χ0v) is 15.1. The molecule has 1 atom stereocenters. The van der Waals surface area contributed by atoms with Gasteiger partial charge in [-0.2, -0.15) is 26.3 Å². The van der Waals surface area contributed by atoms with Crippen molar-refractivity contribution in [3.05, 3.63) is 34.9 Å². The molecule has 1 aliphatic heterocycles. The van der Waals surface area contributed by atoms with Crippen molar-refractivity contribution in [3.63, 3.8) is 0 Å². The summed E-state index contributed by atoms with van der Waals surface area (Å²) in [7, 11) is 0. The van der Waals surface area contributed by atoms with E-state index in [0.29, 0.717) is 18.6 Å². The van der Waals surface area contributed by atoms with Gasteiger partial charge < -0.3 is 0 Å². The van der Waals surface area contributed by atoms with Gasteiger partial charge >= 0.3 is 18.3 Å². The summed E-state index contributed by atoms with van der Waals surface area (Å²) < 4.78 is 79.3. The van der Waals surface area contributed by atoms with Gasteiger partial charge in [0.25, 0.3) is 0 Å². The number of hydrazone groups is 1. The van der Waals surface area contributed by atoms with E-state index >= 15 is 0 Å². The highest BCUT2D eigenvalue weighted by Crippen LogP contribution is 2.36. The highest BCUT2D eigenvalue weighted by atomic mass is 19.4. The number of nitrogens with zero attached hydrogens (tertiary/aromatic N) is 1. The number of benzene rings is 1. The molecular formula is C18H21F6N2O+. The van der Waals surface area contributed by atoms with Gasteiger partial charge in [-0.25, -0.2) is 0 Å². The highest BCUT2D eigenvalue weighted by molar-refractivity contribution is 5.94. The fraction of sp³-hybridized carbons (Fsp3) is 0.556. The van der Waals surface area contributed by atoms with Gasteiger partial charge in [-0.05, 0) is 24.6 Å². The molecule has 1 N–H and O–H groups in total. The first-order valence-corrected chi connectivity index (χ1v) is 8.42. The molecule has 9 heteroatoms. The number of rotatable bonds is 2. The molecular weight excluding hydrogens is 374 g/mol. The molecule has 0 aromatic heterocycles. The van der Waals surface area contributed by atoms with E-state index in [9.17, 15) is 31.1 Å². The van der Waals surface area contributed by atoms with E-state index in [0.717, 1.165) is 12.8 Å². The zero-order valence-electron chi connectivity index (χ0n) is 15.1. The summed E-state index contributed by atoms with van der Waals surface area (Å²) in [5.41, 5.74) is -1.51. The first-order valence-electron chi connectivity index (χ1n) is 8.42. The number of hydrogen-bond donors (Lipinski definition) is 1. The molecule has 1 aromatic carbocycles. The van der Waals surface area contributed by atoms with Gasteiger partial charge in [0.2, 0.25) is 0 Å². The summed E-state index contributed by atoms with van der Waals surface area (Å²) in [6.45, 7) is 5.84. The summed E-state index contributed by atoms with van der Waals surface area (Å²) in [6, 6.07) is 0.742. The smallest absolute Gasteiger partial charge is 0.264 e. The standard InChI is InChI=1S/C18H20F6N2O/c1-16(2,3)14-6-4-5-7-26(14)25-15(27)11-8-12(17(19,20)21)10-13(9-11)18(22,23)24/h7-10,14H,4-6H2,1-3H3/p+1. The molecule has 2 rings (SSSR count). The van der Waals surface area contributed by atoms with Gasteiger partial charge in [0.05, 0.1) is 11.1 Å². The van der Waals surface area contributed by atoms with Crippen LogP contribution in [-0.2, 0) is 12.4 Å². The molecule has 0 aliphatic carbocycles. The largest absolute Gasteiger partial charge is 0.416 e. The molecule has 3 nitrogen and oxygen atoms in total. The van der Waals surface area contributed by atoms with Crippen molar-refractivity contribution in [1.82, 2.24) is 5.43 Å². The van der Waals surface area contributed by atoms with Crippen molar-refractivity contribution in [2.45, 2.75) is 58.4 Å². The van der Waals surface area contributed by atoms with Crippen LogP contribution in [-0.4, -0.2) is 22.8 Å². The minimum absolute atomic E-state index is 0.00174. The Morgan fingerprint density at radius 3 is 1.96 bits per heavy atom. The van der Waals surface area contributed by atoms with Crippen LogP contribution in [0.2, 0.25) is 0 Å². The number of alkyl halides is 6.